The number of morpholine rings is 1. The van der Waals surface area contributed by atoms with Crippen molar-refractivity contribution in [1.82, 2.24) is 5.32 Å². The van der Waals surface area contributed by atoms with Gasteiger partial charge in [-0.15, -0.1) is 12.4 Å². The van der Waals surface area contributed by atoms with Crippen LogP contribution in [-0.2, 0) is 14.3 Å². The minimum Gasteiger partial charge on any atom is -0.467 e. The number of rotatable bonds is 1. The van der Waals surface area contributed by atoms with Crippen LogP contribution in [0.4, 0.5) is 0 Å². The minimum atomic E-state index is -0.420. The highest BCUT2D eigenvalue weighted by Gasteiger charge is 2.24. The van der Waals surface area contributed by atoms with Crippen LogP contribution in [0.3, 0.4) is 0 Å². The Bertz CT molecular complexity index is 146. The van der Waals surface area contributed by atoms with Crippen molar-refractivity contribution in [2.45, 2.75) is 19.1 Å². The van der Waals surface area contributed by atoms with Crippen molar-refractivity contribution in [1.29, 1.82) is 0 Å². The van der Waals surface area contributed by atoms with Gasteiger partial charge in [0, 0.05) is 12.6 Å². The third kappa shape index (κ3) is 2.97. The Morgan fingerprint density at radius 2 is 2.33 bits per heavy atom. The van der Waals surface area contributed by atoms with E-state index in [2.05, 4.69) is 10.1 Å². The summed E-state index contributed by atoms with van der Waals surface area (Å²) in [5, 5.41) is 3.12. The second kappa shape index (κ2) is 5.35. The molecule has 1 fully saturated rings. The summed E-state index contributed by atoms with van der Waals surface area (Å²) in [4.78, 5) is 10.9. The van der Waals surface area contributed by atoms with E-state index in [0.29, 0.717) is 19.2 Å². The average molecular weight is 196 g/mol. The normalized spacial score (nSPS) is 28.8. The molecule has 0 saturated carbocycles. The molecule has 1 N–H and O–H groups in total. The molecule has 72 valence electrons. The molecule has 0 aromatic rings. The van der Waals surface area contributed by atoms with Gasteiger partial charge in [0.05, 0.1) is 13.7 Å². The Kier molecular flexibility index (Phi) is 5.20. The van der Waals surface area contributed by atoms with Crippen LogP contribution in [0, 0.1) is 0 Å². The average Bonchev–Trinajstić information content (AvgIpc) is 2.05. The molecule has 0 aliphatic carbocycles. The van der Waals surface area contributed by atoms with Gasteiger partial charge in [-0.3, -0.25) is 0 Å². The maximum absolute atomic E-state index is 10.9. The van der Waals surface area contributed by atoms with Crippen molar-refractivity contribution in [2.75, 3.05) is 20.3 Å². The summed E-state index contributed by atoms with van der Waals surface area (Å²) in [6.45, 7) is 3.13. The van der Waals surface area contributed by atoms with Gasteiger partial charge in [-0.2, -0.15) is 0 Å². The van der Waals surface area contributed by atoms with Gasteiger partial charge < -0.3 is 14.8 Å². The molecule has 1 aliphatic rings. The number of hydrogen-bond acceptors (Lipinski definition) is 4. The highest BCUT2D eigenvalue weighted by Crippen LogP contribution is 2.01. The maximum atomic E-state index is 10.9. The zero-order valence-corrected chi connectivity index (χ0v) is 8.02. The fraction of sp³-hybridized carbons (Fsp3) is 0.857. The third-order valence-electron chi connectivity index (χ3n) is 1.66. The lowest BCUT2D eigenvalue weighted by Crippen LogP contribution is -2.48. The molecule has 0 aromatic carbocycles. The second-order valence-electron chi connectivity index (χ2n) is 2.65. The van der Waals surface area contributed by atoms with Gasteiger partial charge in [-0.25, -0.2) is 4.79 Å². The predicted molar refractivity (Wildman–Crippen MR) is 46.5 cm³/mol. The number of methoxy groups -OCH3 is 1. The standard InChI is InChI=1S/C7H13NO3.ClH/c1-5-4-11-6(3-8-5)7(9)10-2;/h5-6,8H,3-4H2,1-2H3;1H/t5-,6-;/m0./s1. The smallest absolute Gasteiger partial charge is 0.336 e. The number of hydrogen-bond donors (Lipinski definition) is 1. The molecule has 1 heterocycles. The molecule has 0 amide bonds. The van der Waals surface area contributed by atoms with E-state index in [1.807, 2.05) is 6.92 Å². The molecule has 0 bridgehead atoms. The molecule has 0 unspecified atom stereocenters. The van der Waals surface area contributed by atoms with E-state index in [1.165, 1.54) is 7.11 Å². The lowest BCUT2D eigenvalue weighted by atomic mass is 10.2. The summed E-state index contributed by atoms with van der Waals surface area (Å²) in [5.41, 5.74) is 0. The highest BCUT2D eigenvalue weighted by molar-refractivity contribution is 5.85. The Hall–Kier alpha value is -0.320. The molecule has 0 radical (unpaired) electrons. The van der Waals surface area contributed by atoms with Crippen molar-refractivity contribution in [2.24, 2.45) is 0 Å². The van der Waals surface area contributed by atoms with Gasteiger partial charge in [0.2, 0.25) is 0 Å². The first-order valence-corrected chi connectivity index (χ1v) is 3.67. The molecule has 12 heavy (non-hydrogen) atoms. The quantitative estimate of drug-likeness (QED) is 0.597. The minimum absolute atomic E-state index is 0. The fourth-order valence-electron chi connectivity index (χ4n) is 0.969. The maximum Gasteiger partial charge on any atom is 0.336 e. The van der Waals surface area contributed by atoms with Crippen LogP contribution in [0.2, 0.25) is 0 Å². The Morgan fingerprint density at radius 3 is 2.75 bits per heavy atom. The van der Waals surface area contributed by atoms with Gasteiger partial charge in [0.1, 0.15) is 0 Å². The third-order valence-corrected chi connectivity index (χ3v) is 1.66. The van der Waals surface area contributed by atoms with Crippen molar-refractivity contribution >= 4 is 18.4 Å². The van der Waals surface area contributed by atoms with Gasteiger partial charge >= 0.3 is 5.97 Å². The predicted octanol–water partition coefficient (Wildman–Crippen LogP) is -0.0419. The Morgan fingerprint density at radius 1 is 1.67 bits per heavy atom. The van der Waals surface area contributed by atoms with E-state index in [4.69, 9.17) is 4.74 Å². The lowest BCUT2D eigenvalue weighted by Gasteiger charge is -2.26. The van der Waals surface area contributed by atoms with E-state index in [9.17, 15) is 4.79 Å². The van der Waals surface area contributed by atoms with Crippen LogP contribution < -0.4 is 5.32 Å². The summed E-state index contributed by atoms with van der Waals surface area (Å²) in [6.07, 6.45) is -0.420. The van der Waals surface area contributed by atoms with Crippen molar-refractivity contribution < 1.29 is 14.3 Å². The molecule has 0 aromatic heterocycles. The lowest BCUT2D eigenvalue weighted by molar-refractivity contribution is -0.156. The summed E-state index contributed by atoms with van der Waals surface area (Å²) in [6, 6.07) is 0.330. The van der Waals surface area contributed by atoms with Crippen molar-refractivity contribution in [3.63, 3.8) is 0 Å². The number of nitrogens with one attached hydrogen (secondary N) is 1. The number of ether oxygens (including phenoxy) is 2. The number of halogens is 1. The molecular formula is C7H14ClNO3. The first kappa shape index (κ1) is 11.7. The van der Waals surface area contributed by atoms with Crippen molar-refractivity contribution in [3.8, 4) is 0 Å². The number of carbonyl (C=O) groups excluding carboxylic acids is 1. The highest BCUT2D eigenvalue weighted by atomic mass is 35.5. The fourth-order valence-corrected chi connectivity index (χ4v) is 0.969. The van der Waals surface area contributed by atoms with Crippen LogP contribution in [-0.4, -0.2) is 38.4 Å². The monoisotopic (exact) mass is 195 g/mol. The van der Waals surface area contributed by atoms with Crippen LogP contribution in [0.5, 0.6) is 0 Å². The molecule has 4 nitrogen and oxygen atoms in total. The zero-order valence-electron chi connectivity index (χ0n) is 7.20. The van der Waals surface area contributed by atoms with Crippen LogP contribution >= 0.6 is 12.4 Å². The van der Waals surface area contributed by atoms with Gasteiger partial charge in [-0.1, -0.05) is 0 Å². The molecular weight excluding hydrogens is 182 g/mol. The number of carbonyl (C=O) groups is 1. The Balaban J connectivity index is 0.00000121. The number of esters is 1. The van der Waals surface area contributed by atoms with Crippen LogP contribution in [0.1, 0.15) is 6.92 Å². The van der Waals surface area contributed by atoms with Crippen molar-refractivity contribution in [3.05, 3.63) is 0 Å². The van der Waals surface area contributed by atoms with E-state index < -0.39 is 6.10 Å². The van der Waals surface area contributed by atoms with Crippen LogP contribution in [0.15, 0.2) is 0 Å². The second-order valence-corrected chi connectivity index (χ2v) is 2.65. The summed E-state index contributed by atoms with van der Waals surface area (Å²) >= 11 is 0. The van der Waals surface area contributed by atoms with Gasteiger partial charge in [0.25, 0.3) is 0 Å². The summed E-state index contributed by atoms with van der Waals surface area (Å²) in [5.74, 6) is -0.301. The van der Waals surface area contributed by atoms with Crippen LogP contribution in [0.25, 0.3) is 0 Å². The first-order chi connectivity index (χ1) is 5.24. The van der Waals surface area contributed by atoms with E-state index in [-0.39, 0.29) is 18.4 Å². The Labute approximate surface area is 78.0 Å². The molecule has 1 saturated heterocycles. The zero-order chi connectivity index (χ0) is 8.27. The first-order valence-electron chi connectivity index (χ1n) is 3.67. The topological polar surface area (TPSA) is 47.6 Å². The molecule has 2 atom stereocenters. The van der Waals surface area contributed by atoms with E-state index in [0.717, 1.165) is 0 Å². The molecule has 0 spiro atoms. The van der Waals surface area contributed by atoms with Gasteiger partial charge in [-0.05, 0) is 6.92 Å². The SMILES string of the molecule is COC(=O)[C@@H]1CN[C@@H](C)CO1.Cl. The summed E-state index contributed by atoms with van der Waals surface area (Å²) in [7, 11) is 1.36. The van der Waals surface area contributed by atoms with Gasteiger partial charge in [0.15, 0.2) is 6.10 Å². The van der Waals surface area contributed by atoms with E-state index in [1.54, 1.807) is 0 Å². The molecule has 1 aliphatic heterocycles. The largest absolute Gasteiger partial charge is 0.467 e. The molecule has 5 heteroatoms. The van der Waals surface area contributed by atoms with E-state index >= 15 is 0 Å². The molecule has 1 rings (SSSR count). The summed E-state index contributed by atoms with van der Waals surface area (Å²) < 4.78 is 9.73.